The van der Waals surface area contributed by atoms with Crippen LogP contribution in [0.25, 0.3) is 10.9 Å². The maximum absolute atomic E-state index is 11.1. The number of likely N-dealkylation sites (N-methyl/N-ethyl adjacent to an activating group) is 1. The van der Waals surface area contributed by atoms with Gasteiger partial charge in [0.2, 0.25) is 0 Å². The molecule has 1 aromatic heterocycles. The number of hydrogen-bond donors (Lipinski definition) is 2. The van der Waals surface area contributed by atoms with Gasteiger partial charge in [-0.2, -0.15) is 4.73 Å². The highest BCUT2D eigenvalue weighted by atomic mass is 16.5. The molecule has 24 heavy (non-hydrogen) atoms. The molecule has 3 atom stereocenters. The molecular formula is C20H28N2O2. The van der Waals surface area contributed by atoms with Crippen LogP contribution in [0.4, 0.5) is 0 Å². The lowest BCUT2D eigenvalue weighted by molar-refractivity contribution is -0.0648. The van der Waals surface area contributed by atoms with Crippen LogP contribution in [0.5, 0.6) is 0 Å². The number of rotatable bonds is 3. The van der Waals surface area contributed by atoms with Gasteiger partial charge < -0.3 is 15.2 Å². The molecular weight excluding hydrogens is 300 g/mol. The van der Waals surface area contributed by atoms with E-state index in [-0.39, 0.29) is 0 Å². The molecule has 0 saturated carbocycles. The average molecular weight is 328 g/mol. The predicted octanol–water partition coefficient (Wildman–Crippen LogP) is 3.39. The minimum Gasteiger partial charge on any atom is -0.428 e. The highest BCUT2D eigenvalue weighted by Gasteiger charge is 2.45. The zero-order chi connectivity index (χ0) is 17.1. The minimum absolute atomic E-state index is 0.298. The molecule has 0 amide bonds. The van der Waals surface area contributed by atoms with Gasteiger partial charge in [-0.25, -0.2) is 0 Å². The number of aliphatic hydroxyl groups is 1. The van der Waals surface area contributed by atoms with Gasteiger partial charge in [0.1, 0.15) is 0 Å². The summed E-state index contributed by atoms with van der Waals surface area (Å²) in [5, 5.41) is 22.5. The normalized spacial score (nSPS) is 27.4. The molecule has 1 unspecified atom stereocenters. The molecule has 2 N–H and O–H groups in total. The summed E-state index contributed by atoms with van der Waals surface area (Å²) < 4.78 is 1.28. The number of piperidine rings is 1. The van der Waals surface area contributed by atoms with E-state index in [0.29, 0.717) is 17.9 Å². The summed E-state index contributed by atoms with van der Waals surface area (Å²) in [5.41, 5.74) is 2.93. The second-order valence-electron chi connectivity index (χ2n) is 7.80. The Hall–Kier alpha value is -1.52. The fourth-order valence-corrected chi connectivity index (χ4v) is 5.25. The largest absolute Gasteiger partial charge is 0.428 e. The first-order valence-corrected chi connectivity index (χ1v) is 9.23. The molecule has 2 heterocycles. The highest BCUT2D eigenvalue weighted by molar-refractivity contribution is 5.88. The molecule has 2 aliphatic rings. The molecule has 0 bridgehead atoms. The van der Waals surface area contributed by atoms with Crippen LogP contribution < -0.4 is 0 Å². The molecule has 1 fully saturated rings. The third-order valence-electron chi connectivity index (χ3n) is 6.81. The lowest BCUT2D eigenvalue weighted by atomic mass is 9.67. The molecule has 1 aliphatic carbocycles. The molecule has 4 nitrogen and oxygen atoms in total. The van der Waals surface area contributed by atoms with Crippen LogP contribution in [0.3, 0.4) is 0 Å². The van der Waals surface area contributed by atoms with Gasteiger partial charge in [-0.15, -0.1) is 0 Å². The first-order valence-electron chi connectivity index (χ1n) is 9.23. The number of benzene rings is 1. The molecule has 130 valence electrons. The fourth-order valence-electron chi connectivity index (χ4n) is 5.25. The van der Waals surface area contributed by atoms with E-state index in [2.05, 4.69) is 31.9 Å². The third-order valence-corrected chi connectivity index (χ3v) is 6.81. The van der Waals surface area contributed by atoms with Gasteiger partial charge in [-0.3, -0.25) is 0 Å². The predicted molar refractivity (Wildman–Crippen MR) is 95.6 cm³/mol. The third kappa shape index (κ3) is 2.12. The summed E-state index contributed by atoms with van der Waals surface area (Å²) in [5.74, 6) is 0.726. The van der Waals surface area contributed by atoms with Gasteiger partial charge in [0.05, 0.1) is 11.1 Å². The number of hydrogen-bond acceptors (Lipinski definition) is 3. The Morgan fingerprint density at radius 3 is 2.71 bits per heavy atom. The molecule has 1 aromatic carbocycles. The zero-order valence-corrected chi connectivity index (χ0v) is 14.9. The van der Waals surface area contributed by atoms with E-state index < -0.39 is 5.60 Å². The van der Waals surface area contributed by atoms with E-state index in [9.17, 15) is 10.3 Å². The van der Waals surface area contributed by atoms with Crippen molar-refractivity contribution >= 4 is 10.9 Å². The first kappa shape index (κ1) is 16.0. The van der Waals surface area contributed by atoms with Crippen molar-refractivity contribution in [1.82, 2.24) is 9.63 Å². The summed E-state index contributed by atoms with van der Waals surface area (Å²) in [6, 6.07) is 6.71. The van der Waals surface area contributed by atoms with Gasteiger partial charge in [-0.1, -0.05) is 26.0 Å². The maximum Gasteiger partial charge on any atom is 0.0871 e. The number of aromatic nitrogens is 1. The quantitative estimate of drug-likeness (QED) is 0.849. The molecule has 2 aromatic rings. The second-order valence-corrected chi connectivity index (χ2v) is 7.80. The van der Waals surface area contributed by atoms with Crippen molar-refractivity contribution in [3.8, 4) is 0 Å². The standard InChI is InChI=1S/C20H28N2O2/c1-4-20(23,5-2)14-10-16-15-7-6-8-17-19(15)13(11-22(17)24)9-18(16)21(3)12-14/h6-8,11,14,16,18,23-24H,4-5,9-10,12H2,1-3H3/t14?,16-,18-/m1/s1. The van der Waals surface area contributed by atoms with Crippen molar-refractivity contribution in [3.63, 3.8) is 0 Å². The first-order chi connectivity index (χ1) is 11.5. The van der Waals surface area contributed by atoms with Crippen molar-refractivity contribution in [2.75, 3.05) is 13.6 Å². The van der Waals surface area contributed by atoms with Crippen LogP contribution in [0.2, 0.25) is 0 Å². The molecule has 1 aliphatic heterocycles. The fraction of sp³-hybridized carbons (Fsp3) is 0.600. The zero-order valence-electron chi connectivity index (χ0n) is 14.9. The summed E-state index contributed by atoms with van der Waals surface area (Å²) in [6.07, 6.45) is 5.50. The lowest BCUT2D eigenvalue weighted by Crippen LogP contribution is -2.53. The smallest absolute Gasteiger partial charge is 0.0871 e. The molecule has 0 spiro atoms. The number of fused-ring (bicyclic) bond motifs is 2. The van der Waals surface area contributed by atoms with Gasteiger partial charge in [0.25, 0.3) is 0 Å². The van der Waals surface area contributed by atoms with Crippen LogP contribution in [-0.4, -0.2) is 45.2 Å². The van der Waals surface area contributed by atoms with Crippen LogP contribution in [-0.2, 0) is 6.42 Å². The van der Waals surface area contributed by atoms with Crippen molar-refractivity contribution in [1.29, 1.82) is 0 Å². The topological polar surface area (TPSA) is 48.6 Å². The van der Waals surface area contributed by atoms with E-state index >= 15 is 0 Å². The van der Waals surface area contributed by atoms with Crippen molar-refractivity contribution < 1.29 is 10.3 Å². The SMILES string of the molecule is CCC(O)(CC)C1C[C@@H]2c3cccc4c3c(cn4O)C[C@H]2N(C)C1. The Labute approximate surface area is 143 Å². The minimum atomic E-state index is -0.573. The second kappa shape index (κ2) is 5.50. The Morgan fingerprint density at radius 2 is 2.00 bits per heavy atom. The van der Waals surface area contributed by atoms with Crippen LogP contribution in [0.15, 0.2) is 24.4 Å². The number of nitrogens with zero attached hydrogens (tertiary/aromatic N) is 2. The number of likely N-dealkylation sites (tertiary alicyclic amines) is 1. The van der Waals surface area contributed by atoms with E-state index in [4.69, 9.17) is 0 Å². The Kier molecular flexibility index (Phi) is 3.66. The lowest BCUT2D eigenvalue weighted by Gasteiger charge is -2.49. The van der Waals surface area contributed by atoms with Crippen molar-refractivity contribution in [2.45, 2.75) is 57.1 Å². The van der Waals surface area contributed by atoms with Gasteiger partial charge in [0.15, 0.2) is 0 Å². The molecule has 4 heteroatoms. The summed E-state index contributed by atoms with van der Waals surface area (Å²) in [6.45, 7) is 5.15. The molecule has 4 rings (SSSR count). The van der Waals surface area contributed by atoms with E-state index in [1.165, 1.54) is 21.2 Å². The Balaban J connectivity index is 1.79. The maximum atomic E-state index is 11.1. The van der Waals surface area contributed by atoms with Gasteiger partial charge >= 0.3 is 0 Å². The molecule has 0 radical (unpaired) electrons. The van der Waals surface area contributed by atoms with E-state index in [0.717, 1.165) is 37.7 Å². The van der Waals surface area contributed by atoms with Gasteiger partial charge in [0, 0.05) is 36.0 Å². The van der Waals surface area contributed by atoms with Crippen LogP contribution in [0.1, 0.15) is 50.2 Å². The highest BCUT2D eigenvalue weighted by Crippen LogP contribution is 2.47. The monoisotopic (exact) mass is 328 g/mol. The van der Waals surface area contributed by atoms with Crippen LogP contribution in [0, 0.1) is 5.92 Å². The summed E-state index contributed by atoms with van der Waals surface area (Å²) in [7, 11) is 2.19. The van der Waals surface area contributed by atoms with E-state index in [1.807, 2.05) is 18.3 Å². The van der Waals surface area contributed by atoms with Crippen molar-refractivity contribution in [2.24, 2.45) is 5.92 Å². The summed E-state index contributed by atoms with van der Waals surface area (Å²) >= 11 is 0. The molecule has 1 saturated heterocycles. The Bertz CT molecular complexity index is 762. The Morgan fingerprint density at radius 1 is 1.25 bits per heavy atom. The average Bonchev–Trinajstić information content (AvgIpc) is 2.92. The van der Waals surface area contributed by atoms with E-state index in [1.54, 1.807) is 0 Å². The van der Waals surface area contributed by atoms with Crippen LogP contribution >= 0.6 is 0 Å². The van der Waals surface area contributed by atoms with Gasteiger partial charge in [-0.05, 0) is 49.9 Å². The van der Waals surface area contributed by atoms with Crippen molar-refractivity contribution in [3.05, 3.63) is 35.5 Å². The summed E-state index contributed by atoms with van der Waals surface area (Å²) in [4.78, 5) is 2.44.